The van der Waals surface area contributed by atoms with Gasteiger partial charge in [0.1, 0.15) is 0 Å². The molecule has 0 atom stereocenters. The lowest BCUT2D eigenvalue weighted by Gasteiger charge is -2.22. The van der Waals surface area contributed by atoms with E-state index in [1.165, 1.54) is 12.1 Å². The van der Waals surface area contributed by atoms with Crippen molar-refractivity contribution in [3.8, 4) is 0 Å². The Morgan fingerprint density at radius 1 is 1.12 bits per heavy atom. The SMILES string of the molecule is O=C(NC1CCCC1)c1cccc(S(=O)(=O)NCC2CCOCC2)c1. The van der Waals surface area contributed by atoms with E-state index in [1.807, 2.05) is 0 Å². The summed E-state index contributed by atoms with van der Waals surface area (Å²) < 4.78 is 33.0. The van der Waals surface area contributed by atoms with Crippen molar-refractivity contribution in [3.05, 3.63) is 29.8 Å². The fraction of sp³-hybridized carbons (Fsp3) is 0.611. The molecule has 0 unspecified atom stereocenters. The van der Waals surface area contributed by atoms with E-state index >= 15 is 0 Å². The Morgan fingerprint density at radius 2 is 1.84 bits per heavy atom. The summed E-state index contributed by atoms with van der Waals surface area (Å²) in [4.78, 5) is 12.5. The van der Waals surface area contributed by atoms with Gasteiger partial charge >= 0.3 is 0 Å². The summed E-state index contributed by atoms with van der Waals surface area (Å²) in [5, 5.41) is 2.99. The molecule has 0 spiro atoms. The van der Waals surface area contributed by atoms with Gasteiger partial charge in [-0.3, -0.25) is 4.79 Å². The maximum Gasteiger partial charge on any atom is 0.251 e. The van der Waals surface area contributed by atoms with Crippen LogP contribution < -0.4 is 10.0 Å². The van der Waals surface area contributed by atoms with E-state index in [0.717, 1.165) is 38.5 Å². The first-order chi connectivity index (χ1) is 12.0. The van der Waals surface area contributed by atoms with Crippen molar-refractivity contribution in [1.82, 2.24) is 10.0 Å². The number of hydrogen-bond acceptors (Lipinski definition) is 4. The Morgan fingerprint density at radius 3 is 2.56 bits per heavy atom. The van der Waals surface area contributed by atoms with Crippen LogP contribution in [0.25, 0.3) is 0 Å². The van der Waals surface area contributed by atoms with Crippen LogP contribution >= 0.6 is 0 Å². The predicted octanol–water partition coefficient (Wildman–Crippen LogP) is 2.06. The van der Waals surface area contributed by atoms with Gasteiger partial charge in [-0.1, -0.05) is 18.9 Å². The summed E-state index contributed by atoms with van der Waals surface area (Å²) in [6.07, 6.45) is 6.00. The standard InChI is InChI=1S/C18H26N2O4S/c21-18(20-16-5-1-2-6-16)15-4-3-7-17(12-15)25(22,23)19-13-14-8-10-24-11-9-14/h3-4,7,12,14,16,19H,1-2,5-6,8-11,13H2,(H,20,21). The number of nitrogens with one attached hydrogen (secondary N) is 2. The fourth-order valence-corrected chi connectivity index (χ4v) is 4.57. The fourth-order valence-electron chi connectivity index (χ4n) is 3.40. The van der Waals surface area contributed by atoms with E-state index in [1.54, 1.807) is 12.1 Å². The zero-order valence-electron chi connectivity index (χ0n) is 14.4. The molecule has 25 heavy (non-hydrogen) atoms. The molecular weight excluding hydrogens is 340 g/mol. The first-order valence-electron chi connectivity index (χ1n) is 9.03. The highest BCUT2D eigenvalue weighted by Gasteiger charge is 2.21. The van der Waals surface area contributed by atoms with Crippen molar-refractivity contribution < 1.29 is 17.9 Å². The topological polar surface area (TPSA) is 84.5 Å². The monoisotopic (exact) mass is 366 g/mol. The van der Waals surface area contributed by atoms with Gasteiger partial charge in [0.25, 0.3) is 5.91 Å². The normalized spacial score (nSPS) is 19.8. The molecule has 1 aliphatic carbocycles. The molecule has 1 aromatic rings. The van der Waals surface area contributed by atoms with Crippen molar-refractivity contribution in [2.75, 3.05) is 19.8 Å². The van der Waals surface area contributed by atoms with Crippen LogP contribution in [0.2, 0.25) is 0 Å². The Balaban J connectivity index is 1.63. The van der Waals surface area contributed by atoms with Crippen molar-refractivity contribution in [2.24, 2.45) is 5.92 Å². The Bertz CT molecular complexity index is 693. The number of carbonyl (C=O) groups is 1. The van der Waals surface area contributed by atoms with Crippen LogP contribution in [0.4, 0.5) is 0 Å². The largest absolute Gasteiger partial charge is 0.381 e. The maximum atomic E-state index is 12.5. The Hall–Kier alpha value is -1.44. The molecule has 138 valence electrons. The smallest absolute Gasteiger partial charge is 0.251 e. The molecule has 1 amide bonds. The number of benzene rings is 1. The Kier molecular flexibility index (Phi) is 6.09. The molecule has 2 N–H and O–H groups in total. The van der Waals surface area contributed by atoms with Crippen molar-refractivity contribution in [1.29, 1.82) is 0 Å². The molecule has 2 fully saturated rings. The van der Waals surface area contributed by atoms with Gasteiger partial charge in [0.2, 0.25) is 10.0 Å². The average molecular weight is 366 g/mol. The lowest BCUT2D eigenvalue weighted by atomic mass is 10.0. The molecule has 6 nitrogen and oxygen atoms in total. The molecule has 2 aliphatic rings. The highest BCUT2D eigenvalue weighted by molar-refractivity contribution is 7.89. The summed E-state index contributed by atoms with van der Waals surface area (Å²) in [5.74, 6) is 0.103. The van der Waals surface area contributed by atoms with Crippen LogP contribution in [0.5, 0.6) is 0 Å². The summed E-state index contributed by atoms with van der Waals surface area (Å²) in [6.45, 7) is 1.77. The van der Waals surface area contributed by atoms with E-state index in [9.17, 15) is 13.2 Å². The van der Waals surface area contributed by atoms with Gasteiger partial charge < -0.3 is 10.1 Å². The first-order valence-corrected chi connectivity index (χ1v) is 10.5. The molecule has 0 aromatic heterocycles. The first kappa shape index (κ1) is 18.4. The Labute approximate surface area is 149 Å². The number of carbonyl (C=O) groups excluding carboxylic acids is 1. The van der Waals surface area contributed by atoms with Crippen LogP contribution in [0.3, 0.4) is 0 Å². The van der Waals surface area contributed by atoms with Gasteiger partial charge in [-0.15, -0.1) is 0 Å². The number of amides is 1. The number of hydrogen-bond donors (Lipinski definition) is 2. The number of rotatable bonds is 6. The van der Waals surface area contributed by atoms with Crippen LogP contribution in [0.1, 0.15) is 48.9 Å². The summed E-state index contributed by atoms with van der Waals surface area (Å²) in [6, 6.07) is 6.46. The summed E-state index contributed by atoms with van der Waals surface area (Å²) in [7, 11) is -3.61. The van der Waals surface area contributed by atoms with Gasteiger partial charge in [-0.05, 0) is 49.8 Å². The van der Waals surface area contributed by atoms with Gasteiger partial charge in [-0.2, -0.15) is 0 Å². The molecule has 0 bridgehead atoms. The minimum absolute atomic E-state index is 0.138. The second kappa shape index (κ2) is 8.29. The van der Waals surface area contributed by atoms with E-state index in [4.69, 9.17) is 4.74 Å². The van der Waals surface area contributed by atoms with E-state index in [2.05, 4.69) is 10.0 Å². The van der Waals surface area contributed by atoms with E-state index in [0.29, 0.717) is 31.2 Å². The molecule has 1 saturated carbocycles. The predicted molar refractivity (Wildman–Crippen MR) is 94.9 cm³/mol. The number of ether oxygens (including phenoxy) is 1. The molecule has 3 rings (SSSR count). The minimum Gasteiger partial charge on any atom is -0.381 e. The van der Waals surface area contributed by atoms with Crippen LogP contribution in [-0.4, -0.2) is 40.1 Å². The molecule has 1 heterocycles. The molecular formula is C18H26N2O4S. The lowest BCUT2D eigenvalue weighted by Crippen LogP contribution is -2.33. The minimum atomic E-state index is -3.61. The molecule has 7 heteroatoms. The molecule has 0 radical (unpaired) electrons. The summed E-state index contributed by atoms with van der Waals surface area (Å²) >= 11 is 0. The van der Waals surface area contributed by atoms with Crippen LogP contribution in [0, 0.1) is 5.92 Å². The second-order valence-electron chi connectivity index (χ2n) is 6.89. The van der Waals surface area contributed by atoms with Crippen LogP contribution in [0.15, 0.2) is 29.2 Å². The molecule has 1 aromatic carbocycles. The van der Waals surface area contributed by atoms with Gasteiger partial charge in [0.15, 0.2) is 0 Å². The molecule has 1 aliphatic heterocycles. The van der Waals surface area contributed by atoms with Crippen LogP contribution in [-0.2, 0) is 14.8 Å². The zero-order valence-corrected chi connectivity index (χ0v) is 15.2. The van der Waals surface area contributed by atoms with Gasteiger partial charge in [0, 0.05) is 31.4 Å². The lowest BCUT2D eigenvalue weighted by molar-refractivity contribution is 0.0678. The van der Waals surface area contributed by atoms with Gasteiger partial charge in [0.05, 0.1) is 4.90 Å². The summed E-state index contributed by atoms with van der Waals surface area (Å²) in [5.41, 5.74) is 0.390. The highest BCUT2D eigenvalue weighted by Crippen LogP contribution is 2.19. The third kappa shape index (κ3) is 5.03. The van der Waals surface area contributed by atoms with Crippen molar-refractivity contribution in [3.63, 3.8) is 0 Å². The number of sulfonamides is 1. The third-order valence-corrected chi connectivity index (χ3v) is 6.42. The quantitative estimate of drug-likeness (QED) is 0.807. The third-order valence-electron chi connectivity index (χ3n) is 5.00. The average Bonchev–Trinajstić information content (AvgIpc) is 3.14. The van der Waals surface area contributed by atoms with Gasteiger partial charge in [-0.25, -0.2) is 13.1 Å². The zero-order chi connectivity index (χ0) is 17.7. The van der Waals surface area contributed by atoms with Crippen molar-refractivity contribution >= 4 is 15.9 Å². The maximum absolute atomic E-state index is 12.5. The molecule has 1 saturated heterocycles. The second-order valence-corrected chi connectivity index (χ2v) is 8.66. The van der Waals surface area contributed by atoms with E-state index < -0.39 is 10.0 Å². The van der Waals surface area contributed by atoms with Crippen molar-refractivity contribution in [2.45, 2.75) is 49.5 Å². The highest BCUT2D eigenvalue weighted by atomic mass is 32.2. The van der Waals surface area contributed by atoms with E-state index in [-0.39, 0.29) is 16.8 Å².